The van der Waals surface area contributed by atoms with E-state index in [4.69, 9.17) is 19.9 Å². The van der Waals surface area contributed by atoms with Crippen LogP contribution in [0.25, 0.3) is 0 Å². The van der Waals surface area contributed by atoms with Gasteiger partial charge in [-0.2, -0.15) is 0 Å². The van der Waals surface area contributed by atoms with Crippen LogP contribution < -0.4 is 10.5 Å². The van der Waals surface area contributed by atoms with Gasteiger partial charge in [0.05, 0.1) is 5.56 Å². The minimum atomic E-state index is -0.782. The van der Waals surface area contributed by atoms with E-state index in [-0.39, 0.29) is 30.7 Å². The number of nitrogens with two attached hydrogens (primary N) is 1. The predicted octanol–water partition coefficient (Wildman–Crippen LogP) is 2.00. The lowest BCUT2D eigenvalue weighted by molar-refractivity contribution is 0.0212. The van der Waals surface area contributed by atoms with Crippen LogP contribution in [-0.2, 0) is 16.1 Å². The first kappa shape index (κ1) is 13.7. The Hall–Kier alpha value is -2.24. The molecule has 0 unspecified atom stereocenters. The fourth-order valence-corrected chi connectivity index (χ4v) is 2.93. The van der Waals surface area contributed by atoms with Gasteiger partial charge < -0.3 is 19.9 Å². The van der Waals surface area contributed by atoms with E-state index in [1.54, 1.807) is 18.2 Å². The maximum atomic E-state index is 11.4. The molecular formula is C15H17NO5. The van der Waals surface area contributed by atoms with E-state index in [0.717, 1.165) is 18.4 Å². The van der Waals surface area contributed by atoms with Crippen LogP contribution in [0.4, 0.5) is 4.79 Å². The highest BCUT2D eigenvalue weighted by molar-refractivity contribution is 5.93. The van der Waals surface area contributed by atoms with E-state index >= 15 is 0 Å². The molecule has 1 saturated carbocycles. The highest BCUT2D eigenvalue weighted by Crippen LogP contribution is 2.33. The summed E-state index contributed by atoms with van der Waals surface area (Å²) in [5.74, 6) is 0.548. The maximum absolute atomic E-state index is 11.4. The van der Waals surface area contributed by atoms with E-state index in [1.807, 2.05) is 6.92 Å². The Morgan fingerprint density at radius 2 is 2.19 bits per heavy atom. The minimum absolute atomic E-state index is 0.210. The molecule has 1 aromatic rings. The highest BCUT2D eigenvalue weighted by atomic mass is 16.6. The largest absolute Gasteiger partial charge is 0.487 e. The average molecular weight is 291 g/mol. The van der Waals surface area contributed by atoms with Gasteiger partial charge in [0.15, 0.2) is 0 Å². The first-order chi connectivity index (χ1) is 10.0. The standard InChI is InChI=1S/C15H17NO5/c1-8-2-5-12(13(8)21-15(16)18)20-10-3-4-11-9(6-10)7-19-14(11)17/h3-4,6,8,12-13H,2,5,7H2,1H3,(H2,16,18)/t8-,12+,13+/m1/s1. The number of hydrogen-bond donors (Lipinski definition) is 1. The molecule has 0 aromatic heterocycles. The fourth-order valence-electron chi connectivity index (χ4n) is 2.93. The van der Waals surface area contributed by atoms with Crippen LogP contribution in [0.3, 0.4) is 0 Å². The molecular weight excluding hydrogens is 274 g/mol. The second-order valence-corrected chi connectivity index (χ2v) is 5.51. The summed E-state index contributed by atoms with van der Waals surface area (Å²) in [6, 6.07) is 5.22. The van der Waals surface area contributed by atoms with Crippen LogP contribution in [0.1, 0.15) is 35.7 Å². The predicted molar refractivity (Wildman–Crippen MR) is 72.8 cm³/mol. The summed E-state index contributed by atoms with van der Waals surface area (Å²) >= 11 is 0. The molecule has 21 heavy (non-hydrogen) atoms. The number of carbonyl (C=O) groups is 2. The van der Waals surface area contributed by atoms with Gasteiger partial charge in [0, 0.05) is 5.56 Å². The van der Waals surface area contributed by atoms with Crippen molar-refractivity contribution in [3.05, 3.63) is 29.3 Å². The SMILES string of the molecule is C[C@@H]1CC[C@H](Oc2ccc3c(c2)COC3=O)[C@H]1OC(N)=O. The number of cyclic esters (lactones) is 1. The number of benzene rings is 1. The molecule has 1 aromatic carbocycles. The topological polar surface area (TPSA) is 87.8 Å². The van der Waals surface area contributed by atoms with Gasteiger partial charge in [0.25, 0.3) is 0 Å². The quantitative estimate of drug-likeness (QED) is 0.860. The molecule has 1 heterocycles. The van der Waals surface area contributed by atoms with Gasteiger partial charge in [-0.15, -0.1) is 0 Å². The first-order valence-corrected chi connectivity index (χ1v) is 6.97. The fraction of sp³-hybridized carbons (Fsp3) is 0.467. The second-order valence-electron chi connectivity index (χ2n) is 5.51. The molecule has 3 rings (SSSR count). The van der Waals surface area contributed by atoms with E-state index in [1.165, 1.54) is 0 Å². The lowest BCUT2D eigenvalue weighted by atomic mass is 10.1. The molecule has 6 nitrogen and oxygen atoms in total. The zero-order valence-corrected chi connectivity index (χ0v) is 11.7. The maximum Gasteiger partial charge on any atom is 0.404 e. The summed E-state index contributed by atoms with van der Waals surface area (Å²) in [5.41, 5.74) is 6.50. The lowest BCUT2D eigenvalue weighted by Gasteiger charge is -2.23. The Labute approximate surface area is 122 Å². The zero-order valence-electron chi connectivity index (χ0n) is 11.7. The van der Waals surface area contributed by atoms with Crippen LogP contribution in [0, 0.1) is 5.92 Å². The van der Waals surface area contributed by atoms with E-state index in [2.05, 4.69) is 0 Å². The van der Waals surface area contributed by atoms with Gasteiger partial charge in [-0.1, -0.05) is 6.92 Å². The van der Waals surface area contributed by atoms with Crippen molar-refractivity contribution in [2.75, 3.05) is 0 Å². The molecule has 1 aliphatic heterocycles. The number of primary amides is 1. The third-order valence-electron chi connectivity index (χ3n) is 4.03. The Morgan fingerprint density at radius 1 is 1.38 bits per heavy atom. The van der Waals surface area contributed by atoms with E-state index in [0.29, 0.717) is 11.3 Å². The van der Waals surface area contributed by atoms with Gasteiger partial charge in [0.2, 0.25) is 0 Å². The van der Waals surface area contributed by atoms with Crippen molar-refractivity contribution in [2.45, 2.75) is 38.6 Å². The van der Waals surface area contributed by atoms with Crippen molar-refractivity contribution >= 4 is 12.1 Å². The summed E-state index contributed by atoms with van der Waals surface area (Å²) in [7, 11) is 0. The Kier molecular flexibility index (Phi) is 3.45. The summed E-state index contributed by atoms with van der Waals surface area (Å²) in [4.78, 5) is 22.4. The van der Waals surface area contributed by atoms with Crippen molar-refractivity contribution in [1.29, 1.82) is 0 Å². The average Bonchev–Trinajstić information content (AvgIpc) is 2.96. The van der Waals surface area contributed by atoms with Crippen LogP contribution in [-0.4, -0.2) is 24.3 Å². The molecule has 6 heteroatoms. The number of hydrogen-bond acceptors (Lipinski definition) is 5. The monoisotopic (exact) mass is 291 g/mol. The highest BCUT2D eigenvalue weighted by Gasteiger charge is 2.38. The van der Waals surface area contributed by atoms with Gasteiger partial charge >= 0.3 is 12.1 Å². The van der Waals surface area contributed by atoms with Crippen molar-refractivity contribution in [3.8, 4) is 5.75 Å². The molecule has 1 fully saturated rings. The Balaban J connectivity index is 1.74. The molecule has 112 valence electrons. The van der Waals surface area contributed by atoms with Crippen molar-refractivity contribution in [1.82, 2.24) is 0 Å². The lowest BCUT2D eigenvalue weighted by Crippen LogP contribution is -2.36. The molecule has 0 bridgehead atoms. The molecule has 0 saturated heterocycles. The molecule has 3 atom stereocenters. The van der Waals surface area contributed by atoms with Crippen LogP contribution >= 0.6 is 0 Å². The van der Waals surface area contributed by atoms with Crippen LogP contribution in [0.2, 0.25) is 0 Å². The van der Waals surface area contributed by atoms with Crippen molar-refractivity contribution < 1.29 is 23.8 Å². The van der Waals surface area contributed by atoms with Crippen LogP contribution in [0.5, 0.6) is 5.75 Å². The zero-order chi connectivity index (χ0) is 15.0. The van der Waals surface area contributed by atoms with Gasteiger partial charge in [-0.25, -0.2) is 9.59 Å². The molecule has 0 radical (unpaired) electrons. The minimum Gasteiger partial charge on any atom is -0.487 e. The van der Waals surface area contributed by atoms with Gasteiger partial charge in [0.1, 0.15) is 24.6 Å². The van der Waals surface area contributed by atoms with Gasteiger partial charge in [-0.05, 0) is 37.0 Å². The van der Waals surface area contributed by atoms with Crippen LogP contribution in [0.15, 0.2) is 18.2 Å². The van der Waals surface area contributed by atoms with Gasteiger partial charge in [-0.3, -0.25) is 0 Å². The number of amides is 1. The molecule has 2 N–H and O–H groups in total. The summed E-state index contributed by atoms with van der Waals surface area (Å²) in [6.07, 6.45) is 0.369. The number of ether oxygens (including phenoxy) is 3. The summed E-state index contributed by atoms with van der Waals surface area (Å²) in [6.45, 7) is 2.28. The molecule has 0 spiro atoms. The molecule has 1 amide bonds. The van der Waals surface area contributed by atoms with E-state index in [9.17, 15) is 9.59 Å². The Bertz CT molecular complexity index is 585. The molecule has 1 aliphatic carbocycles. The smallest absolute Gasteiger partial charge is 0.404 e. The number of esters is 1. The van der Waals surface area contributed by atoms with Crippen molar-refractivity contribution in [3.63, 3.8) is 0 Å². The third kappa shape index (κ3) is 2.66. The van der Waals surface area contributed by atoms with Crippen molar-refractivity contribution in [2.24, 2.45) is 11.7 Å². The van der Waals surface area contributed by atoms with E-state index < -0.39 is 6.09 Å². The normalized spacial score (nSPS) is 27.1. The number of rotatable bonds is 3. The first-order valence-electron chi connectivity index (χ1n) is 6.97. The molecule has 2 aliphatic rings. The summed E-state index contributed by atoms with van der Waals surface area (Å²) < 4.78 is 16.0. The Morgan fingerprint density at radius 3 is 2.95 bits per heavy atom. The summed E-state index contributed by atoms with van der Waals surface area (Å²) in [5, 5.41) is 0. The third-order valence-corrected chi connectivity index (χ3v) is 4.03. The second kappa shape index (κ2) is 5.27. The number of carbonyl (C=O) groups excluding carboxylic acids is 2. The number of fused-ring (bicyclic) bond motifs is 1.